The van der Waals surface area contributed by atoms with E-state index in [1.807, 2.05) is 0 Å². The normalized spacial score (nSPS) is 37.2. The van der Waals surface area contributed by atoms with Crippen LogP contribution in [0.1, 0.15) is 45.4 Å². The van der Waals surface area contributed by atoms with Gasteiger partial charge in [-0.15, -0.1) is 0 Å². The predicted molar refractivity (Wildman–Crippen MR) is 82.0 cm³/mol. The lowest BCUT2D eigenvalue weighted by Gasteiger charge is -2.20. The van der Waals surface area contributed by atoms with Gasteiger partial charge in [0.15, 0.2) is 6.29 Å². The van der Waals surface area contributed by atoms with Gasteiger partial charge in [0.1, 0.15) is 0 Å². The number of ether oxygens (including phenoxy) is 3. The molecule has 2 aliphatic rings. The highest BCUT2D eigenvalue weighted by atomic mass is 16.6. The van der Waals surface area contributed by atoms with Crippen LogP contribution in [0.3, 0.4) is 0 Å². The molecule has 0 aromatic rings. The highest BCUT2D eigenvalue weighted by Gasteiger charge is 2.48. The van der Waals surface area contributed by atoms with Crippen LogP contribution in [0.4, 0.5) is 0 Å². The monoisotopic (exact) mass is 298 g/mol. The quantitative estimate of drug-likeness (QED) is 0.553. The van der Waals surface area contributed by atoms with E-state index in [0.29, 0.717) is 18.3 Å². The second kappa shape index (κ2) is 8.28. The highest BCUT2D eigenvalue weighted by Crippen LogP contribution is 2.44. The molecule has 0 bridgehead atoms. The molecule has 0 aromatic heterocycles. The standard InChI is InChI=1S/C17H30O4/c1-4-5-6-7-12(19-2)8-9-13-14-10-17(18)21-16(14)11-15(13)20-3/h8-9,12-18H,4-7,10-11H2,1-3H3/b9-8+/t12?,13-,14?,15-,16?,17?/m1/s1. The molecule has 2 rings (SSSR count). The number of hydrogen-bond acceptors (Lipinski definition) is 4. The SMILES string of the molecule is CCCCCC(/C=C/[C@@H]1C2CC(O)OC2C[C@H]1OC)OC. The summed E-state index contributed by atoms with van der Waals surface area (Å²) in [7, 11) is 3.53. The summed E-state index contributed by atoms with van der Waals surface area (Å²) in [6, 6.07) is 0. The van der Waals surface area contributed by atoms with Crippen molar-refractivity contribution in [1.29, 1.82) is 0 Å². The molecule has 4 heteroatoms. The van der Waals surface area contributed by atoms with E-state index < -0.39 is 6.29 Å². The van der Waals surface area contributed by atoms with Crippen LogP contribution in [0.2, 0.25) is 0 Å². The van der Waals surface area contributed by atoms with Crippen LogP contribution in [0, 0.1) is 11.8 Å². The lowest BCUT2D eigenvalue weighted by atomic mass is 9.91. The molecule has 1 aliphatic heterocycles. The largest absolute Gasteiger partial charge is 0.381 e. The summed E-state index contributed by atoms with van der Waals surface area (Å²) >= 11 is 0. The van der Waals surface area contributed by atoms with Crippen LogP contribution in [0.15, 0.2) is 12.2 Å². The topological polar surface area (TPSA) is 47.9 Å². The van der Waals surface area contributed by atoms with Gasteiger partial charge in [0.05, 0.1) is 18.3 Å². The fraction of sp³-hybridized carbons (Fsp3) is 0.882. The van der Waals surface area contributed by atoms with Crippen LogP contribution < -0.4 is 0 Å². The molecule has 1 aliphatic carbocycles. The Morgan fingerprint density at radius 2 is 2.10 bits per heavy atom. The molecule has 122 valence electrons. The second-order valence-electron chi connectivity index (χ2n) is 6.27. The molecule has 0 spiro atoms. The first-order valence-electron chi connectivity index (χ1n) is 8.27. The van der Waals surface area contributed by atoms with Gasteiger partial charge in [-0.1, -0.05) is 38.3 Å². The van der Waals surface area contributed by atoms with Crippen molar-refractivity contribution in [2.24, 2.45) is 11.8 Å². The zero-order valence-electron chi connectivity index (χ0n) is 13.5. The fourth-order valence-electron chi connectivity index (χ4n) is 3.70. The molecule has 1 saturated carbocycles. The molecule has 1 heterocycles. The molecule has 0 amide bonds. The van der Waals surface area contributed by atoms with Crippen molar-refractivity contribution in [3.8, 4) is 0 Å². The van der Waals surface area contributed by atoms with E-state index in [-0.39, 0.29) is 18.3 Å². The van der Waals surface area contributed by atoms with E-state index in [1.54, 1.807) is 14.2 Å². The summed E-state index contributed by atoms with van der Waals surface area (Å²) in [4.78, 5) is 0. The van der Waals surface area contributed by atoms with Crippen LogP contribution in [0.5, 0.6) is 0 Å². The number of aliphatic hydroxyl groups excluding tert-OH is 1. The van der Waals surface area contributed by atoms with Gasteiger partial charge in [0, 0.05) is 33.0 Å². The average molecular weight is 298 g/mol. The van der Waals surface area contributed by atoms with E-state index in [9.17, 15) is 5.11 Å². The van der Waals surface area contributed by atoms with Crippen LogP contribution >= 0.6 is 0 Å². The van der Waals surface area contributed by atoms with Crippen LogP contribution in [-0.4, -0.2) is 43.9 Å². The molecule has 2 fully saturated rings. The lowest BCUT2D eigenvalue weighted by Crippen LogP contribution is -2.21. The maximum Gasteiger partial charge on any atom is 0.155 e. The average Bonchev–Trinajstić information content (AvgIpc) is 2.98. The van der Waals surface area contributed by atoms with Crippen molar-refractivity contribution in [1.82, 2.24) is 0 Å². The summed E-state index contributed by atoms with van der Waals surface area (Å²) in [5.41, 5.74) is 0. The van der Waals surface area contributed by atoms with Crippen molar-refractivity contribution >= 4 is 0 Å². The third-order valence-corrected chi connectivity index (χ3v) is 4.92. The van der Waals surface area contributed by atoms with Crippen molar-refractivity contribution in [3.63, 3.8) is 0 Å². The minimum Gasteiger partial charge on any atom is -0.381 e. The summed E-state index contributed by atoms with van der Waals surface area (Å²) in [6.07, 6.45) is 10.7. The first-order valence-corrected chi connectivity index (χ1v) is 8.27. The van der Waals surface area contributed by atoms with Gasteiger partial charge in [-0.3, -0.25) is 0 Å². The Bertz CT molecular complexity index is 331. The minimum absolute atomic E-state index is 0.140. The highest BCUT2D eigenvalue weighted by molar-refractivity contribution is 5.07. The number of hydrogen-bond donors (Lipinski definition) is 1. The summed E-state index contributed by atoms with van der Waals surface area (Å²) in [5.74, 6) is 0.690. The zero-order chi connectivity index (χ0) is 15.2. The van der Waals surface area contributed by atoms with E-state index >= 15 is 0 Å². The van der Waals surface area contributed by atoms with Gasteiger partial charge < -0.3 is 19.3 Å². The van der Waals surface area contributed by atoms with Gasteiger partial charge >= 0.3 is 0 Å². The first-order chi connectivity index (χ1) is 10.2. The number of fused-ring (bicyclic) bond motifs is 1. The van der Waals surface area contributed by atoms with Crippen LogP contribution in [0.25, 0.3) is 0 Å². The smallest absolute Gasteiger partial charge is 0.155 e. The molecule has 1 saturated heterocycles. The molecule has 4 unspecified atom stereocenters. The number of aliphatic hydroxyl groups is 1. The minimum atomic E-state index is -0.600. The fourth-order valence-corrected chi connectivity index (χ4v) is 3.70. The van der Waals surface area contributed by atoms with Crippen molar-refractivity contribution < 1.29 is 19.3 Å². The zero-order valence-corrected chi connectivity index (χ0v) is 13.5. The third kappa shape index (κ3) is 4.28. The molecular formula is C17H30O4. The Morgan fingerprint density at radius 3 is 2.76 bits per heavy atom. The van der Waals surface area contributed by atoms with Gasteiger partial charge in [-0.25, -0.2) is 0 Å². The van der Waals surface area contributed by atoms with E-state index in [0.717, 1.165) is 12.8 Å². The molecule has 6 atom stereocenters. The summed E-state index contributed by atoms with van der Waals surface area (Å²) in [6.45, 7) is 2.21. The Morgan fingerprint density at radius 1 is 1.29 bits per heavy atom. The van der Waals surface area contributed by atoms with Crippen molar-refractivity contribution in [3.05, 3.63) is 12.2 Å². The second-order valence-corrected chi connectivity index (χ2v) is 6.27. The number of methoxy groups -OCH3 is 2. The number of unbranched alkanes of at least 4 members (excludes halogenated alkanes) is 2. The van der Waals surface area contributed by atoms with Crippen LogP contribution in [-0.2, 0) is 14.2 Å². The first kappa shape index (κ1) is 16.9. The molecule has 21 heavy (non-hydrogen) atoms. The van der Waals surface area contributed by atoms with Gasteiger partial charge in [0.25, 0.3) is 0 Å². The van der Waals surface area contributed by atoms with Gasteiger partial charge in [-0.2, -0.15) is 0 Å². The summed E-state index contributed by atoms with van der Waals surface area (Å²) < 4.78 is 16.7. The lowest BCUT2D eigenvalue weighted by molar-refractivity contribution is -0.0964. The maximum absolute atomic E-state index is 9.67. The Balaban J connectivity index is 1.93. The third-order valence-electron chi connectivity index (χ3n) is 4.92. The molecule has 1 N–H and O–H groups in total. The Labute approximate surface area is 128 Å². The van der Waals surface area contributed by atoms with Gasteiger partial charge in [0.2, 0.25) is 0 Å². The van der Waals surface area contributed by atoms with Crippen molar-refractivity contribution in [2.45, 2.75) is 70.1 Å². The molecular weight excluding hydrogens is 268 g/mol. The predicted octanol–water partition coefficient (Wildman–Crippen LogP) is 2.90. The Hall–Kier alpha value is -0.420. The van der Waals surface area contributed by atoms with E-state index in [2.05, 4.69) is 19.1 Å². The van der Waals surface area contributed by atoms with Gasteiger partial charge in [-0.05, 0) is 12.3 Å². The van der Waals surface area contributed by atoms with E-state index in [4.69, 9.17) is 14.2 Å². The molecule has 4 nitrogen and oxygen atoms in total. The Kier molecular flexibility index (Phi) is 6.68. The van der Waals surface area contributed by atoms with E-state index in [1.165, 1.54) is 19.3 Å². The maximum atomic E-state index is 9.67. The molecule has 0 radical (unpaired) electrons. The number of rotatable bonds is 8. The summed E-state index contributed by atoms with van der Waals surface area (Å²) in [5, 5.41) is 9.67. The van der Waals surface area contributed by atoms with Crippen molar-refractivity contribution in [2.75, 3.05) is 14.2 Å². The molecule has 0 aromatic carbocycles.